The van der Waals surface area contributed by atoms with Crippen molar-refractivity contribution in [3.8, 4) is 5.75 Å². The highest BCUT2D eigenvalue weighted by atomic mass is 79.9. The number of nitrogens with zero attached hydrogens (tertiary/aromatic N) is 2. The van der Waals surface area contributed by atoms with Crippen molar-refractivity contribution in [3.63, 3.8) is 0 Å². The molecule has 2 aromatic rings. The molecule has 0 saturated heterocycles. The number of ether oxygens (including phenoxy) is 1. The molecule has 0 aliphatic carbocycles. The van der Waals surface area contributed by atoms with Gasteiger partial charge in [-0.25, -0.2) is 4.68 Å². The van der Waals surface area contributed by atoms with Gasteiger partial charge in [0.25, 0.3) is 5.91 Å². The highest BCUT2D eigenvalue weighted by Crippen LogP contribution is 2.28. The van der Waals surface area contributed by atoms with Gasteiger partial charge in [0, 0.05) is 10.7 Å². The van der Waals surface area contributed by atoms with Crippen LogP contribution in [0.5, 0.6) is 5.75 Å². The Balaban J connectivity index is 1.92. The van der Waals surface area contributed by atoms with Crippen LogP contribution in [0.3, 0.4) is 0 Å². The molecule has 0 unspecified atom stereocenters. The van der Waals surface area contributed by atoms with Gasteiger partial charge in [-0.1, -0.05) is 50.6 Å². The van der Waals surface area contributed by atoms with Crippen molar-refractivity contribution >= 4 is 33.4 Å². The van der Waals surface area contributed by atoms with E-state index >= 15 is 0 Å². The fraction of sp³-hybridized carbons (Fsp3) is 0.524. The van der Waals surface area contributed by atoms with E-state index in [1.807, 2.05) is 13.8 Å². The third kappa shape index (κ3) is 6.35. The van der Waals surface area contributed by atoms with Crippen molar-refractivity contribution in [2.75, 3.05) is 6.61 Å². The Hall–Kier alpha value is -1.33. The molecule has 2 rings (SSSR count). The average molecular weight is 456 g/mol. The summed E-state index contributed by atoms with van der Waals surface area (Å²) < 4.78 is 7.83. The Bertz CT molecular complexity index is 774. The van der Waals surface area contributed by atoms with E-state index in [9.17, 15) is 4.79 Å². The van der Waals surface area contributed by atoms with Crippen LogP contribution in [-0.2, 0) is 6.42 Å². The Morgan fingerprint density at radius 1 is 1.19 bits per heavy atom. The van der Waals surface area contributed by atoms with E-state index in [0.717, 1.165) is 28.7 Å². The van der Waals surface area contributed by atoms with Crippen LogP contribution in [0.2, 0.25) is 5.02 Å². The summed E-state index contributed by atoms with van der Waals surface area (Å²) in [7, 11) is 0. The number of aryl methyl sites for hydroxylation is 1. The second kappa shape index (κ2) is 10.9. The standard InChI is InChI=1S/C21H28BrClN2O2/c1-4-5-6-7-8-9-10-18-15(2)24-25(16(18)3)21(26)14-27-20-12-11-17(23)13-19(20)22/h11-13H,4-10,14H2,1-3H3. The second-order valence-corrected chi connectivity index (χ2v) is 8.13. The summed E-state index contributed by atoms with van der Waals surface area (Å²) in [5.74, 6) is 0.410. The van der Waals surface area contributed by atoms with Gasteiger partial charge in [0.15, 0.2) is 6.61 Å². The fourth-order valence-corrected chi connectivity index (χ4v) is 3.95. The molecule has 0 spiro atoms. The smallest absolute Gasteiger partial charge is 0.284 e. The predicted octanol–water partition coefficient (Wildman–Crippen LogP) is 6.54. The van der Waals surface area contributed by atoms with E-state index in [1.54, 1.807) is 18.2 Å². The minimum atomic E-state index is -0.174. The second-order valence-electron chi connectivity index (χ2n) is 6.84. The summed E-state index contributed by atoms with van der Waals surface area (Å²) in [5.41, 5.74) is 3.04. The summed E-state index contributed by atoms with van der Waals surface area (Å²) in [5, 5.41) is 5.05. The molecule has 1 heterocycles. The molecule has 0 aliphatic rings. The van der Waals surface area contributed by atoms with Gasteiger partial charge in [0.1, 0.15) is 5.75 Å². The first kappa shape index (κ1) is 22.0. The lowest BCUT2D eigenvalue weighted by atomic mass is 10.0. The largest absolute Gasteiger partial charge is 0.482 e. The molecular weight excluding hydrogens is 428 g/mol. The van der Waals surface area contributed by atoms with Crippen molar-refractivity contribution in [2.24, 2.45) is 0 Å². The first-order chi connectivity index (χ1) is 12.9. The number of hydrogen-bond donors (Lipinski definition) is 0. The number of hydrogen-bond acceptors (Lipinski definition) is 3. The molecule has 0 aliphatic heterocycles. The predicted molar refractivity (Wildman–Crippen MR) is 114 cm³/mol. The molecular formula is C21H28BrClN2O2. The molecule has 0 radical (unpaired) electrons. The van der Waals surface area contributed by atoms with Crippen LogP contribution in [0.4, 0.5) is 0 Å². The first-order valence-corrected chi connectivity index (χ1v) is 10.8. The fourth-order valence-electron chi connectivity index (χ4n) is 3.15. The van der Waals surface area contributed by atoms with E-state index in [2.05, 4.69) is 28.0 Å². The lowest BCUT2D eigenvalue weighted by molar-refractivity contribution is 0.0817. The van der Waals surface area contributed by atoms with Gasteiger partial charge >= 0.3 is 0 Å². The zero-order valence-corrected chi connectivity index (χ0v) is 18.7. The quantitative estimate of drug-likeness (QED) is 0.382. The van der Waals surface area contributed by atoms with E-state index in [1.165, 1.54) is 42.3 Å². The maximum Gasteiger partial charge on any atom is 0.284 e. The lowest BCUT2D eigenvalue weighted by Crippen LogP contribution is -2.22. The maximum absolute atomic E-state index is 12.6. The number of halogens is 2. The number of unbranched alkanes of at least 4 members (excludes halogenated alkanes) is 5. The molecule has 0 saturated carbocycles. The van der Waals surface area contributed by atoms with Crippen molar-refractivity contribution in [3.05, 3.63) is 44.6 Å². The zero-order valence-electron chi connectivity index (χ0n) is 16.4. The lowest BCUT2D eigenvalue weighted by Gasteiger charge is -2.09. The third-order valence-electron chi connectivity index (χ3n) is 4.70. The number of carbonyl (C=O) groups excluding carboxylic acids is 1. The van der Waals surface area contributed by atoms with Crippen molar-refractivity contribution < 1.29 is 9.53 Å². The Morgan fingerprint density at radius 2 is 1.89 bits per heavy atom. The third-order valence-corrected chi connectivity index (χ3v) is 5.56. The van der Waals surface area contributed by atoms with Gasteiger partial charge in [0.2, 0.25) is 0 Å². The van der Waals surface area contributed by atoms with Crippen molar-refractivity contribution in [2.45, 2.75) is 65.7 Å². The summed E-state index contributed by atoms with van der Waals surface area (Å²) in [6, 6.07) is 5.21. The monoisotopic (exact) mass is 454 g/mol. The minimum Gasteiger partial charge on any atom is -0.482 e. The van der Waals surface area contributed by atoms with Gasteiger partial charge < -0.3 is 4.74 Å². The van der Waals surface area contributed by atoms with E-state index in [0.29, 0.717) is 10.8 Å². The highest BCUT2D eigenvalue weighted by molar-refractivity contribution is 9.10. The van der Waals surface area contributed by atoms with Crippen molar-refractivity contribution in [1.29, 1.82) is 0 Å². The van der Waals surface area contributed by atoms with E-state index in [4.69, 9.17) is 16.3 Å². The maximum atomic E-state index is 12.6. The number of rotatable bonds is 10. The zero-order chi connectivity index (χ0) is 19.8. The summed E-state index contributed by atoms with van der Waals surface area (Å²) >= 11 is 9.32. The van der Waals surface area contributed by atoms with Crippen LogP contribution >= 0.6 is 27.5 Å². The number of benzene rings is 1. The van der Waals surface area contributed by atoms with E-state index in [-0.39, 0.29) is 12.5 Å². The van der Waals surface area contributed by atoms with Crippen LogP contribution in [0, 0.1) is 13.8 Å². The molecule has 6 heteroatoms. The number of carbonyl (C=O) groups is 1. The van der Waals surface area contributed by atoms with Crippen LogP contribution in [0.1, 0.15) is 67.2 Å². The normalized spacial score (nSPS) is 11.0. The van der Waals surface area contributed by atoms with Gasteiger partial charge in [-0.3, -0.25) is 4.79 Å². The Morgan fingerprint density at radius 3 is 2.59 bits per heavy atom. The van der Waals surface area contributed by atoms with Gasteiger partial charge in [-0.2, -0.15) is 5.10 Å². The van der Waals surface area contributed by atoms with E-state index < -0.39 is 0 Å². The summed E-state index contributed by atoms with van der Waals surface area (Å²) in [6.07, 6.45) is 8.51. The molecule has 1 aromatic heterocycles. The highest BCUT2D eigenvalue weighted by Gasteiger charge is 2.17. The minimum absolute atomic E-state index is 0.0708. The average Bonchev–Trinajstić information content (AvgIpc) is 2.91. The van der Waals surface area contributed by atoms with Crippen LogP contribution in [0.15, 0.2) is 22.7 Å². The van der Waals surface area contributed by atoms with Gasteiger partial charge in [-0.05, 0) is 66.4 Å². The molecule has 0 fully saturated rings. The Labute approximate surface area is 175 Å². The van der Waals surface area contributed by atoms with Crippen LogP contribution in [0.25, 0.3) is 0 Å². The molecule has 0 amide bonds. The first-order valence-electron chi connectivity index (χ1n) is 9.60. The van der Waals surface area contributed by atoms with Crippen LogP contribution in [-0.4, -0.2) is 22.3 Å². The molecule has 0 bridgehead atoms. The van der Waals surface area contributed by atoms with Gasteiger partial charge in [0.05, 0.1) is 10.2 Å². The summed E-state index contributed by atoms with van der Waals surface area (Å²) in [4.78, 5) is 12.6. The molecule has 0 N–H and O–H groups in total. The summed E-state index contributed by atoms with van der Waals surface area (Å²) in [6.45, 7) is 6.09. The molecule has 148 valence electrons. The number of aromatic nitrogens is 2. The van der Waals surface area contributed by atoms with Crippen LogP contribution < -0.4 is 4.74 Å². The molecule has 1 aromatic carbocycles. The van der Waals surface area contributed by atoms with Crippen molar-refractivity contribution in [1.82, 2.24) is 9.78 Å². The molecule has 0 atom stereocenters. The molecule has 4 nitrogen and oxygen atoms in total. The topological polar surface area (TPSA) is 44.1 Å². The Kier molecular flexibility index (Phi) is 8.84. The SMILES string of the molecule is CCCCCCCCc1c(C)nn(C(=O)COc2ccc(Cl)cc2Br)c1C. The van der Waals surface area contributed by atoms with Gasteiger partial charge in [-0.15, -0.1) is 0 Å². The molecule has 27 heavy (non-hydrogen) atoms.